The highest BCUT2D eigenvalue weighted by molar-refractivity contribution is 7.93. The molecule has 0 aromatic carbocycles. The van der Waals surface area contributed by atoms with Crippen molar-refractivity contribution in [1.29, 1.82) is 0 Å². The van der Waals surface area contributed by atoms with E-state index in [4.69, 9.17) is 0 Å². The Morgan fingerprint density at radius 2 is 2.27 bits per heavy atom. The van der Waals surface area contributed by atoms with Gasteiger partial charge in [-0.05, 0) is 17.9 Å². The van der Waals surface area contributed by atoms with Crippen LogP contribution < -0.4 is 5.32 Å². The molecular weight excluding hydrogens is 234 g/mol. The smallest absolute Gasteiger partial charge is 0.216 e. The van der Waals surface area contributed by atoms with Crippen molar-refractivity contribution in [3.63, 3.8) is 0 Å². The molecule has 0 aliphatic heterocycles. The molecule has 0 saturated carbocycles. The van der Waals surface area contributed by atoms with E-state index in [2.05, 4.69) is 5.32 Å². The van der Waals surface area contributed by atoms with Crippen LogP contribution in [0.15, 0.2) is 21.7 Å². The quantitative estimate of drug-likeness (QED) is 0.791. The van der Waals surface area contributed by atoms with Crippen molar-refractivity contribution in [2.75, 3.05) is 12.3 Å². The summed E-state index contributed by atoms with van der Waals surface area (Å²) in [5.41, 5.74) is 0. The molecule has 1 N–H and O–H groups in total. The summed E-state index contributed by atoms with van der Waals surface area (Å²) in [5.74, 6) is -0.0585. The number of carbonyl (C=O) groups excluding carboxylic acids is 1. The van der Waals surface area contributed by atoms with Gasteiger partial charge in [0.25, 0.3) is 0 Å². The first-order valence-corrected chi connectivity index (χ1v) is 7.06. The minimum atomic E-state index is -3.15. The second-order valence-corrected chi connectivity index (χ2v) is 6.37. The lowest BCUT2D eigenvalue weighted by atomic mass is 10.5. The molecule has 0 atom stereocenters. The van der Waals surface area contributed by atoms with Gasteiger partial charge in [0.15, 0.2) is 9.84 Å². The van der Waals surface area contributed by atoms with Gasteiger partial charge in [0.1, 0.15) is 4.21 Å². The Balaban J connectivity index is 2.42. The lowest BCUT2D eigenvalue weighted by Gasteiger charge is -2.02. The Bertz CT molecular complexity index is 409. The van der Waals surface area contributed by atoms with Crippen LogP contribution in [0.25, 0.3) is 0 Å². The molecule has 84 valence electrons. The van der Waals surface area contributed by atoms with Gasteiger partial charge in [-0.15, -0.1) is 11.3 Å². The van der Waals surface area contributed by atoms with Gasteiger partial charge in [-0.25, -0.2) is 8.42 Å². The molecule has 0 spiro atoms. The average molecular weight is 247 g/mol. The van der Waals surface area contributed by atoms with Crippen LogP contribution in [0.5, 0.6) is 0 Å². The minimum Gasteiger partial charge on any atom is -0.356 e. The molecule has 0 aliphatic rings. The Hall–Kier alpha value is -0.880. The molecule has 1 heterocycles. The fourth-order valence-electron chi connectivity index (χ4n) is 1.07. The lowest BCUT2D eigenvalue weighted by Crippen LogP contribution is -2.22. The van der Waals surface area contributed by atoms with Gasteiger partial charge in [-0.1, -0.05) is 6.07 Å². The van der Waals surface area contributed by atoms with E-state index >= 15 is 0 Å². The zero-order chi connectivity index (χ0) is 11.3. The van der Waals surface area contributed by atoms with Crippen LogP contribution in [-0.2, 0) is 14.6 Å². The highest BCUT2D eigenvalue weighted by Gasteiger charge is 2.14. The fraction of sp³-hybridized carbons (Fsp3) is 0.444. The molecule has 1 rings (SSSR count). The van der Waals surface area contributed by atoms with Gasteiger partial charge in [0.05, 0.1) is 5.75 Å². The zero-order valence-corrected chi connectivity index (χ0v) is 10.0. The molecular formula is C9H13NO3S2. The number of rotatable bonds is 5. The molecule has 0 unspecified atom stereocenters. The summed E-state index contributed by atoms with van der Waals surface area (Å²) in [7, 11) is -3.15. The van der Waals surface area contributed by atoms with E-state index in [-0.39, 0.29) is 11.7 Å². The van der Waals surface area contributed by atoms with Gasteiger partial charge < -0.3 is 5.32 Å². The van der Waals surface area contributed by atoms with Crippen molar-refractivity contribution in [2.45, 2.75) is 17.6 Å². The first-order chi connectivity index (χ1) is 7.02. The summed E-state index contributed by atoms with van der Waals surface area (Å²) in [6.45, 7) is 1.81. The molecule has 1 aromatic heterocycles. The van der Waals surface area contributed by atoms with E-state index < -0.39 is 9.84 Å². The van der Waals surface area contributed by atoms with Crippen LogP contribution in [0.3, 0.4) is 0 Å². The second-order valence-electron chi connectivity index (χ2n) is 3.09. The predicted octanol–water partition coefficient (Wildman–Crippen LogP) is 1.05. The number of sulfone groups is 1. The van der Waals surface area contributed by atoms with E-state index in [0.29, 0.717) is 17.2 Å². The number of thiophene rings is 1. The predicted molar refractivity (Wildman–Crippen MR) is 59.7 cm³/mol. The first kappa shape index (κ1) is 12.2. The van der Waals surface area contributed by atoms with E-state index in [1.54, 1.807) is 17.5 Å². The van der Waals surface area contributed by atoms with Gasteiger partial charge in [0.2, 0.25) is 5.91 Å². The maximum atomic E-state index is 11.6. The molecule has 0 fully saturated rings. The molecule has 0 bridgehead atoms. The van der Waals surface area contributed by atoms with Crippen LogP contribution >= 0.6 is 11.3 Å². The van der Waals surface area contributed by atoms with E-state index in [0.717, 1.165) is 0 Å². The van der Waals surface area contributed by atoms with Crippen molar-refractivity contribution < 1.29 is 13.2 Å². The maximum Gasteiger partial charge on any atom is 0.216 e. The number of amides is 1. The van der Waals surface area contributed by atoms with Crippen molar-refractivity contribution in [1.82, 2.24) is 5.32 Å². The van der Waals surface area contributed by atoms with Gasteiger partial charge in [-0.3, -0.25) is 4.79 Å². The Kier molecular flexibility index (Phi) is 4.28. The number of carbonyl (C=O) groups is 1. The molecule has 15 heavy (non-hydrogen) atoms. The summed E-state index contributed by atoms with van der Waals surface area (Å²) in [6.07, 6.45) is 0.444. The Labute approximate surface area is 93.2 Å². The standard InChI is InChI=1S/C9H13NO3S2/c1-8(11)10-5-3-7-15(12,13)9-4-2-6-14-9/h2,4,6H,3,5,7H2,1H3,(H,10,11). The first-order valence-electron chi connectivity index (χ1n) is 4.53. The van der Waals surface area contributed by atoms with E-state index in [1.807, 2.05) is 0 Å². The molecule has 1 aromatic rings. The van der Waals surface area contributed by atoms with Crippen LogP contribution in [0.2, 0.25) is 0 Å². The molecule has 4 nitrogen and oxygen atoms in total. The third-order valence-corrected chi connectivity index (χ3v) is 5.05. The van der Waals surface area contributed by atoms with Crippen LogP contribution in [0, 0.1) is 0 Å². The van der Waals surface area contributed by atoms with Crippen molar-refractivity contribution in [2.24, 2.45) is 0 Å². The number of hydrogen-bond donors (Lipinski definition) is 1. The van der Waals surface area contributed by atoms with Crippen LogP contribution in [0.1, 0.15) is 13.3 Å². The molecule has 0 saturated heterocycles. The summed E-state index contributed by atoms with van der Waals surface area (Å²) in [5, 5.41) is 4.30. The summed E-state index contributed by atoms with van der Waals surface area (Å²) >= 11 is 1.22. The highest BCUT2D eigenvalue weighted by Crippen LogP contribution is 2.17. The summed E-state index contributed by atoms with van der Waals surface area (Å²) in [4.78, 5) is 10.5. The monoisotopic (exact) mass is 247 g/mol. The van der Waals surface area contributed by atoms with E-state index in [9.17, 15) is 13.2 Å². The number of nitrogens with one attached hydrogen (secondary N) is 1. The summed E-state index contributed by atoms with van der Waals surface area (Å²) in [6, 6.07) is 3.31. The number of hydrogen-bond acceptors (Lipinski definition) is 4. The fourth-order valence-corrected chi connectivity index (χ4v) is 3.53. The molecule has 0 radical (unpaired) electrons. The Morgan fingerprint density at radius 1 is 1.53 bits per heavy atom. The lowest BCUT2D eigenvalue weighted by molar-refractivity contribution is -0.118. The van der Waals surface area contributed by atoms with Crippen molar-refractivity contribution in [3.05, 3.63) is 17.5 Å². The molecule has 1 amide bonds. The Morgan fingerprint density at radius 3 is 2.80 bits per heavy atom. The summed E-state index contributed by atoms with van der Waals surface area (Å²) < 4.78 is 23.7. The zero-order valence-electron chi connectivity index (χ0n) is 8.39. The van der Waals surface area contributed by atoms with Gasteiger partial charge in [0, 0.05) is 13.5 Å². The SMILES string of the molecule is CC(=O)NCCCS(=O)(=O)c1cccs1. The topological polar surface area (TPSA) is 63.2 Å². The van der Waals surface area contributed by atoms with Crippen LogP contribution in [-0.4, -0.2) is 26.6 Å². The third-order valence-electron chi connectivity index (χ3n) is 1.77. The van der Waals surface area contributed by atoms with Gasteiger partial charge >= 0.3 is 0 Å². The molecule has 0 aliphatic carbocycles. The maximum absolute atomic E-state index is 11.6. The second kappa shape index (κ2) is 5.27. The average Bonchev–Trinajstić information content (AvgIpc) is 2.65. The largest absolute Gasteiger partial charge is 0.356 e. The third kappa shape index (κ3) is 4.01. The van der Waals surface area contributed by atoms with Crippen molar-refractivity contribution >= 4 is 27.1 Å². The van der Waals surface area contributed by atoms with Crippen molar-refractivity contribution in [3.8, 4) is 0 Å². The molecule has 6 heteroatoms. The minimum absolute atomic E-state index is 0.0772. The highest BCUT2D eigenvalue weighted by atomic mass is 32.2. The van der Waals surface area contributed by atoms with Crippen LogP contribution in [0.4, 0.5) is 0 Å². The van der Waals surface area contributed by atoms with E-state index in [1.165, 1.54) is 18.3 Å². The normalized spacial score (nSPS) is 11.3. The van der Waals surface area contributed by atoms with Gasteiger partial charge in [-0.2, -0.15) is 0 Å².